The predicted octanol–water partition coefficient (Wildman–Crippen LogP) is 6.80. The highest BCUT2D eigenvalue weighted by molar-refractivity contribution is 9.10. The van der Waals surface area contributed by atoms with Gasteiger partial charge in [0.05, 0.1) is 0 Å². The van der Waals surface area contributed by atoms with Gasteiger partial charge in [-0.15, -0.1) is 0 Å². The Morgan fingerprint density at radius 1 is 0.640 bits per heavy atom. The van der Waals surface area contributed by atoms with Gasteiger partial charge in [0.2, 0.25) is 0 Å². The second kappa shape index (κ2) is 7.28. The van der Waals surface area contributed by atoms with Crippen LogP contribution in [0.3, 0.4) is 0 Å². The van der Waals surface area contributed by atoms with Crippen molar-refractivity contribution in [2.24, 2.45) is 0 Å². The number of benzene rings is 4. The summed E-state index contributed by atoms with van der Waals surface area (Å²) in [5.41, 5.74) is 2.59. The molecular weight excluding hydrogens is 370 g/mol. The molecule has 0 amide bonds. The average molecular weight is 390 g/mol. The fraction of sp³-hybridized carbons (Fsp3) is 0.130. The molecule has 0 fully saturated rings. The van der Waals surface area contributed by atoms with E-state index in [-0.39, 0.29) is 0 Å². The number of para-hydroxylation sites is 1. The molecule has 0 heterocycles. The molecule has 4 rings (SSSR count). The molecule has 0 spiro atoms. The summed E-state index contributed by atoms with van der Waals surface area (Å²) >= 11 is 3.88. The molecule has 25 heavy (non-hydrogen) atoms. The summed E-state index contributed by atoms with van der Waals surface area (Å²) in [6.07, 6.45) is 2.14. The summed E-state index contributed by atoms with van der Waals surface area (Å²) in [4.78, 5) is 0. The van der Waals surface area contributed by atoms with Crippen molar-refractivity contribution in [2.75, 3.05) is 11.9 Å². The van der Waals surface area contributed by atoms with Gasteiger partial charge in [0, 0.05) is 16.7 Å². The first kappa shape index (κ1) is 16.2. The third kappa shape index (κ3) is 3.27. The lowest BCUT2D eigenvalue weighted by atomic mass is 9.95. The van der Waals surface area contributed by atoms with Gasteiger partial charge in [0.15, 0.2) is 0 Å². The molecule has 4 aromatic rings. The van der Waals surface area contributed by atoms with Crippen molar-refractivity contribution in [3.8, 4) is 0 Å². The molecule has 1 N–H and O–H groups in total. The number of rotatable bonds is 5. The monoisotopic (exact) mass is 389 g/mol. The van der Waals surface area contributed by atoms with Crippen LogP contribution in [-0.2, 0) is 6.42 Å². The van der Waals surface area contributed by atoms with Crippen LogP contribution in [0.25, 0.3) is 21.5 Å². The molecule has 0 aromatic heterocycles. The second-order valence-electron chi connectivity index (χ2n) is 6.28. The molecule has 1 nitrogen and oxygen atoms in total. The van der Waals surface area contributed by atoms with E-state index in [0.29, 0.717) is 0 Å². The number of halogens is 1. The molecule has 4 aromatic carbocycles. The van der Waals surface area contributed by atoms with E-state index in [1.165, 1.54) is 37.3 Å². The molecule has 0 aliphatic rings. The number of aryl methyl sites for hydroxylation is 1. The van der Waals surface area contributed by atoms with Gasteiger partial charge in [-0.1, -0.05) is 66.7 Å². The number of nitrogens with one attached hydrogen (secondary N) is 1. The SMILES string of the molecule is Brc1c(CCCNc2ccccc2)c2ccccc2c2ccccc12. The summed E-state index contributed by atoms with van der Waals surface area (Å²) in [7, 11) is 0. The Balaban J connectivity index is 1.63. The first-order chi connectivity index (χ1) is 12.3. The van der Waals surface area contributed by atoms with E-state index in [9.17, 15) is 0 Å². The maximum absolute atomic E-state index is 3.88. The van der Waals surface area contributed by atoms with Crippen molar-refractivity contribution in [1.29, 1.82) is 0 Å². The Morgan fingerprint density at radius 3 is 1.92 bits per heavy atom. The van der Waals surface area contributed by atoms with Crippen LogP contribution in [-0.4, -0.2) is 6.54 Å². The topological polar surface area (TPSA) is 12.0 Å². The predicted molar refractivity (Wildman–Crippen MR) is 112 cm³/mol. The minimum atomic E-state index is 0.970. The Labute approximate surface area is 156 Å². The van der Waals surface area contributed by atoms with Gasteiger partial charge < -0.3 is 5.32 Å². The fourth-order valence-corrected chi connectivity index (χ4v) is 4.23. The van der Waals surface area contributed by atoms with Crippen molar-refractivity contribution < 1.29 is 0 Å². The van der Waals surface area contributed by atoms with Crippen LogP contribution >= 0.6 is 15.9 Å². The molecule has 0 aliphatic heterocycles. The maximum Gasteiger partial charge on any atom is 0.0340 e. The second-order valence-corrected chi connectivity index (χ2v) is 7.07. The zero-order valence-electron chi connectivity index (χ0n) is 14.0. The van der Waals surface area contributed by atoms with Gasteiger partial charge in [-0.2, -0.15) is 0 Å². The average Bonchev–Trinajstić information content (AvgIpc) is 2.68. The van der Waals surface area contributed by atoms with Crippen molar-refractivity contribution in [2.45, 2.75) is 12.8 Å². The van der Waals surface area contributed by atoms with E-state index >= 15 is 0 Å². The molecule has 0 saturated heterocycles. The molecule has 0 saturated carbocycles. The third-order valence-corrected chi connectivity index (χ3v) is 5.58. The highest BCUT2D eigenvalue weighted by Gasteiger charge is 2.11. The van der Waals surface area contributed by atoms with E-state index < -0.39 is 0 Å². The maximum atomic E-state index is 3.88. The molecular formula is C23H20BrN. The Kier molecular flexibility index (Phi) is 4.71. The van der Waals surface area contributed by atoms with Crippen LogP contribution in [0.4, 0.5) is 5.69 Å². The highest BCUT2D eigenvalue weighted by Crippen LogP contribution is 2.36. The number of anilines is 1. The number of fused-ring (bicyclic) bond motifs is 3. The highest BCUT2D eigenvalue weighted by atomic mass is 79.9. The van der Waals surface area contributed by atoms with Crippen LogP contribution in [0, 0.1) is 0 Å². The third-order valence-electron chi connectivity index (χ3n) is 4.68. The van der Waals surface area contributed by atoms with Crippen LogP contribution in [0.5, 0.6) is 0 Å². The molecule has 0 aliphatic carbocycles. The van der Waals surface area contributed by atoms with E-state index in [0.717, 1.165) is 19.4 Å². The van der Waals surface area contributed by atoms with Crippen LogP contribution in [0.1, 0.15) is 12.0 Å². The van der Waals surface area contributed by atoms with Gasteiger partial charge in [0.1, 0.15) is 0 Å². The first-order valence-corrected chi connectivity index (χ1v) is 9.50. The van der Waals surface area contributed by atoms with Gasteiger partial charge in [-0.3, -0.25) is 0 Å². The Morgan fingerprint density at radius 2 is 1.20 bits per heavy atom. The standard InChI is InChI=1S/C23H20BrN/c24-23-21-14-7-6-13-19(21)18-11-4-5-12-20(18)22(23)15-8-16-25-17-9-2-1-3-10-17/h1-7,9-14,25H,8,15-16H2. The summed E-state index contributed by atoms with van der Waals surface area (Å²) in [6, 6.07) is 27.8. The quantitative estimate of drug-likeness (QED) is 0.292. The van der Waals surface area contributed by atoms with Crippen molar-refractivity contribution >= 4 is 43.2 Å². The normalized spacial score (nSPS) is 11.1. The van der Waals surface area contributed by atoms with Crippen molar-refractivity contribution in [3.05, 3.63) is 88.9 Å². The lowest BCUT2D eigenvalue weighted by Gasteiger charge is -2.14. The zero-order valence-corrected chi connectivity index (χ0v) is 15.6. The first-order valence-electron chi connectivity index (χ1n) is 8.71. The molecule has 0 atom stereocenters. The van der Waals surface area contributed by atoms with E-state index in [1.807, 2.05) is 6.07 Å². The van der Waals surface area contributed by atoms with Crippen molar-refractivity contribution in [1.82, 2.24) is 0 Å². The van der Waals surface area contributed by atoms with Gasteiger partial charge in [0.25, 0.3) is 0 Å². The van der Waals surface area contributed by atoms with Crippen molar-refractivity contribution in [3.63, 3.8) is 0 Å². The lowest BCUT2D eigenvalue weighted by molar-refractivity contribution is 0.866. The summed E-state index contributed by atoms with van der Waals surface area (Å²) in [5, 5.41) is 8.81. The van der Waals surface area contributed by atoms with Crippen LogP contribution < -0.4 is 5.32 Å². The van der Waals surface area contributed by atoms with Crippen LogP contribution in [0.15, 0.2) is 83.3 Å². The summed E-state index contributed by atoms with van der Waals surface area (Å²) in [6.45, 7) is 0.970. The lowest BCUT2D eigenvalue weighted by Crippen LogP contribution is -2.03. The molecule has 0 unspecified atom stereocenters. The molecule has 0 bridgehead atoms. The van der Waals surface area contributed by atoms with E-state index in [2.05, 4.69) is 94.0 Å². The van der Waals surface area contributed by atoms with Crippen LogP contribution in [0.2, 0.25) is 0 Å². The Hall–Kier alpha value is -2.32. The summed E-state index contributed by atoms with van der Waals surface area (Å²) < 4.78 is 1.24. The van der Waals surface area contributed by atoms with E-state index in [1.54, 1.807) is 0 Å². The number of hydrogen-bond donors (Lipinski definition) is 1. The fourth-order valence-electron chi connectivity index (χ4n) is 3.47. The molecule has 124 valence electrons. The Bertz CT molecular complexity index is 1010. The zero-order chi connectivity index (χ0) is 17.1. The van der Waals surface area contributed by atoms with Gasteiger partial charge in [-0.25, -0.2) is 0 Å². The smallest absolute Gasteiger partial charge is 0.0340 e. The van der Waals surface area contributed by atoms with E-state index in [4.69, 9.17) is 0 Å². The number of hydrogen-bond acceptors (Lipinski definition) is 1. The molecule has 0 radical (unpaired) electrons. The minimum absolute atomic E-state index is 0.970. The summed E-state index contributed by atoms with van der Waals surface area (Å²) in [5.74, 6) is 0. The molecule has 2 heteroatoms. The van der Waals surface area contributed by atoms with Gasteiger partial charge in [-0.05, 0) is 68.0 Å². The largest absolute Gasteiger partial charge is 0.385 e. The van der Waals surface area contributed by atoms with Gasteiger partial charge >= 0.3 is 0 Å². The minimum Gasteiger partial charge on any atom is -0.385 e.